The third-order valence-electron chi connectivity index (χ3n) is 5.15. The summed E-state index contributed by atoms with van der Waals surface area (Å²) in [5.74, 6) is 2.79. The summed E-state index contributed by atoms with van der Waals surface area (Å²) in [6.45, 7) is 14.0. The second-order valence-electron chi connectivity index (χ2n) is 7.04. The van der Waals surface area contributed by atoms with Gasteiger partial charge in [-0.1, -0.05) is 6.92 Å². The number of nitrogens with zero attached hydrogens (tertiary/aromatic N) is 6. The number of hydrogen-bond donors (Lipinski definition) is 1. The Morgan fingerprint density at radius 1 is 1.31 bits per heavy atom. The molecule has 8 nitrogen and oxygen atoms in total. The molecule has 2 aliphatic heterocycles. The lowest BCUT2D eigenvalue weighted by Gasteiger charge is -2.29. The fourth-order valence-corrected chi connectivity index (χ4v) is 3.75. The lowest BCUT2D eigenvalue weighted by molar-refractivity contribution is 0.0315. The number of guanidine groups is 1. The molecule has 1 unspecified atom stereocenters. The van der Waals surface area contributed by atoms with Gasteiger partial charge in [-0.2, -0.15) is 0 Å². The zero-order valence-corrected chi connectivity index (χ0v) is 16.2. The highest BCUT2D eigenvalue weighted by atomic mass is 16.5. The van der Waals surface area contributed by atoms with Crippen LogP contribution in [0.15, 0.2) is 11.3 Å². The van der Waals surface area contributed by atoms with Crippen molar-refractivity contribution in [2.45, 2.75) is 33.2 Å². The zero-order valence-electron chi connectivity index (χ0n) is 16.2. The van der Waals surface area contributed by atoms with Crippen molar-refractivity contribution in [3.05, 3.63) is 12.2 Å². The van der Waals surface area contributed by atoms with Crippen LogP contribution in [0, 0.1) is 5.92 Å². The molecule has 1 aromatic heterocycles. The molecule has 146 valence electrons. The van der Waals surface area contributed by atoms with E-state index in [-0.39, 0.29) is 0 Å². The molecule has 0 amide bonds. The second kappa shape index (κ2) is 9.87. The van der Waals surface area contributed by atoms with Crippen LogP contribution in [0.25, 0.3) is 0 Å². The number of aliphatic imine (C=N–C) groups is 1. The van der Waals surface area contributed by atoms with Gasteiger partial charge in [0.15, 0.2) is 5.96 Å². The molecule has 2 aliphatic rings. The minimum atomic E-state index is 0.724. The molecule has 0 radical (unpaired) electrons. The molecule has 2 saturated heterocycles. The van der Waals surface area contributed by atoms with E-state index in [1.54, 1.807) is 6.33 Å². The van der Waals surface area contributed by atoms with Crippen molar-refractivity contribution in [1.82, 2.24) is 29.9 Å². The van der Waals surface area contributed by atoms with Crippen LogP contribution in [0.5, 0.6) is 0 Å². The Balaban J connectivity index is 1.50. The fraction of sp³-hybridized carbons (Fsp3) is 0.833. The molecule has 3 rings (SSSR count). The monoisotopic (exact) mass is 363 g/mol. The molecule has 1 atom stereocenters. The van der Waals surface area contributed by atoms with E-state index in [1.165, 1.54) is 13.0 Å². The van der Waals surface area contributed by atoms with E-state index >= 15 is 0 Å². The van der Waals surface area contributed by atoms with Crippen LogP contribution < -0.4 is 5.32 Å². The summed E-state index contributed by atoms with van der Waals surface area (Å²) in [5, 5.41) is 11.6. The third kappa shape index (κ3) is 5.17. The molecular weight excluding hydrogens is 330 g/mol. The van der Waals surface area contributed by atoms with E-state index in [2.05, 4.69) is 43.7 Å². The smallest absolute Gasteiger partial charge is 0.193 e. The number of ether oxygens (including phenoxy) is 1. The molecule has 0 spiro atoms. The first kappa shape index (κ1) is 19.1. The average molecular weight is 364 g/mol. The maximum atomic E-state index is 5.45. The Hall–Kier alpha value is -1.67. The Bertz CT molecular complexity index is 568. The van der Waals surface area contributed by atoms with Gasteiger partial charge in [0.05, 0.1) is 19.8 Å². The zero-order chi connectivity index (χ0) is 18.2. The molecule has 2 fully saturated rings. The quantitative estimate of drug-likeness (QED) is 0.561. The van der Waals surface area contributed by atoms with Crippen LogP contribution in [0.4, 0.5) is 0 Å². The molecule has 1 N–H and O–H groups in total. The largest absolute Gasteiger partial charge is 0.379 e. The lowest BCUT2D eigenvalue weighted by atomic mass is 10.1. The first-order valence-corrected chi connectivity index (χ1v) is 10.00. The second-order valence-corrected chi connectivity index (χ2v) is 7.04. The van der Waals surface area contributed by atoms with Gasteiger partial charge in [-0.25, -0.2) is 0 Å². The Morgan fingerprint density at radius 2 is 2.15 bits per heavy atom. The van der Waals surface area contributed by atoms with Crippen LogP contribution in [-0.2, 0) is 17.7 Å². The lowest BCUT2D eigenvalue weighted by Crippen LogP contribution is -2.42. The number of rotatable bonds is 7. The molecule has 1 aromatic rings. The molecule has 3 heterocycles. The first-order chi connectivity index (χ1) is 12.8. The highest BCUT2D eigenvalue weighted by molar-refractivity contribution is 5.80. The average Bonchev–Trinajstić information content (AvgIpc) is 3.31. The van der Waals surface area contributed by atoms with Crippen molar-refractivity contribution < 1.29 is 4.74 Å². The topological polar surface area (TPSA) is 70.8 Å². The van der Waals surface area contributed by atoms with E-state index in [9.17, 15) is 0 Å². The van der Waals surface area contributed by atoms with Gasteiger partial charge < -0.3 is 19.5 Å². The number of likely N-dealkylation sites (tertiary alicyclic amines) is 1. The third-order valence-corrected chi connectivity index (χ3v) is 5.15. The van der Waals surface area contributed by atoms with Gasteiger partial charge >= 0.3 is 0 Å². The maximum Gasteiger partial charge on any atom is 0.193 e. The predicted molar refractivity (Wildman–Crippen MR) is 102 cm³/mol. The van der Waals surface area contributed by atoms with Gasteiger partial charge in [-0.3, -0.25) is 9.89 Å². The highest BCUT2D eigenvalue weighted by Crippen LogP contribution is 2.18. The molecule has 8 heteroatoms. The highest BCUT2D eigenvalue weighted by Gasteiger charge is 2.27. The molecule has 0 bridgehead atoms. The number of morpholine rings is 1. The summed E-state index contributed by atoms with van der Waals surface area (Å²) in [7, 11) is 0. The Morgan fingerprint density at radius 3 is 2.92 bits per heavy atom. The van der Waals surface area contributed by atoms with Crippen LogP contribution in [0.2, 0.25) is 0 Å². The molecule has 0 saturated carbocycles. The van der Waals surface area contributed by atoms with Gasteiger partial charge in [0.1, 0.15) is 12.2 Å². The van der Waals surface area contributed by atoms with Crippen LogP contribution in [-0.4, -0.2) is 89.6 Å². The number of aryl methyl sites for hydroxylation is 1. The van der Waals surface area contributed by atoms with E-state index in [0.29, 0.717) is 0 Å². The number of nitrogens with one attached hydrogen (secondary N) is 1. The molecule has 0 aliphatic carbocycles. The van der Waals surface area contributed by atoms with Gasteiger partial charge in [-0.05, 0) is 19.3 Å². The summed E-state index contributed by atoms with van der Waals surface area (Å²) in [6, 6.07) is 0. The van der Waals surface area contributed by atoms with E-state index < -0.39 is 0 Å². The van der Waals surface area contributed by atoms with Gasteiger partial charge in [0.25, 0.3) is 0 Å². The number of hydrogen-bond acceptors (Lipinski definition) is 5. The fourth-order valence-electron chi connectivity index (χ4n) is 3.75. The first-order valence-electron chi connectivity index (χ1n) is 10.00. The van der Waals surface area contributed by atoms with Crippen LogP contribution in [0.1, 0.15) is 26.1 Å². The SMILES string of the molecule is CCNC(=NCCn1cnnc1CC)N1CCC(CN2CCOCC2)C1. The van der Waals surface area contributed by atoms with Crippen LogP contribution in [0.3, 0.4) is 0 Å². The van der Waals surface area contributed by atoms with Crippen molar-refractivity contribution in [2.24, 2.45) is 10.9 Å². The molecule has 26 heavy (non-hydrogen) atoms. The summed E-state index contributed by atoms with van der Waals surface area (Å²) in [6.07, 6.45) is 3.95. The van der Waals surface area contributed by atoms with Gasteiger partial charge in [0.2, 0.25) is 0 Å². The van der Waals surface area contributed by atoms with Crippen molar-refractivity contribution in [1.29, 1.82) is 0 Å². The van der Waals surface area contributed by atoms with E-state index in [0.717, 1.165) is 83.1 Å². The van der Waals surface area contributed by atoms with Gasteiger partial charge in [0, 0.05) is 52.2 Å². The summed E-state index contributed by atoms with van der Waals surface area (Å²) in [5.41, 5.74) is 0. The normalized spacial score (nSPS) is 22.2. The van der Waals surface area contributed by atoms with E-state index in [4.69, 9.17) is 9.73 Å². The minimum Gasteiger partial charge on any atom is -0.379 e. The summed E-state index contributed by atoms with van der Waals surface area (Å²) < 4.78 is 7.55. The van der Waals surface area contributed by atoms with Crippen LogP contribution >= 0.6 is 0 Å². The predicted octanol–water partition coefficient (Wildman–Crippen LogP) is 0.460. The van der Waals surface area contributed by atoms with Crippen molar-refractivity contribution in [3.8, 4) is 0 Å². The molecular formula is C18H33N7O. The minimum absolute atomic E-state index is 0.724. The van der Waals surface area contributed by atoms with Gasteiger partial charge in [-0.15, -0.1) is 10.2 Å². The van der Waals surface area contributed by atoms with E-state index in [1.807, 2.05) is 0 Å². The number of aromatic nitrogens is 3. The van der Waals surface area contributed by atoms with Crippen molar-refractivity contribution in [3.63, 3.8) is 0 Å². The Kier molecular flexibility index (Phi) is 7.25. The van der Waals surface area contributed by atoms with Crippen molar-refractivity contribution >= 4 is 5.96 Å². The standard InChI is InChI=1S/C18H33N7O/c1-3-17-22-21-15-25(17)8-6-20-18(19-4-2)24-7-5-16(14-24)13-23-9-11-26-12-10-23/h15-16H,3-14H2,1-2H3,(H,19,20). The maximum absolute atomic E-state index is 5.45. The Labute approximate surface area is 156 Å². The summed E-state index contributed by atoms with van der Waals surface area (Å²) >= 11 is 0. The van der Waals surface area contributed by atoms with Crippen molar-refractivity contribution in [2.75, 3.05) is 59.0 Å². The summed E-state index contributed by atoms with van der Waals surface area (Å²) in [4.78, 5) is 9.81. The molecule has 0 aromatic carbocycles.